The number of halogens is 1. The first kappa shape index (κ1) is 14.3. The van der Waals surface area contributed by atoms with Gasteiger partial charge in [-0.15, -0.1) is 0 Å². The minimum atomic E-state index is 0.0596. The van der Waals surface area contributed by atoms with E-state index in [4.69, 9.17) is 20.6 Å². The van der Waals surface area contributed by atoms with Gasteiger partial charge in [-0.2, -0.15) is 0 Å². The van der Waals surface area contributed by atoms with Crippen molar-refractivity contribution in [2.45, 2.75) is 37.9 Å². The average molecular weight is 327 g/mol. The number of hydrogen-bond acceptors (Lipinski definition) is 3. The Morgan fingerprint density at radius 2 is 2.11 bits per heavy atom. The highest BCUT2D eigenvalue weighted by molar-refractivity contribution is 9.10. The van der Waals surface area contributed by atoms with Gasteiger partial charge in [-0.25, -0.2) is 0 Å². The van der Waals surface area contributed by atoms with E-state index >= 15 is 0 Å². The molecule has 0 aromatic heterocycles. The molecule has 1 saturated carbocycles. The van der Waals surface area contributed by atoms with Gasteiger partial charge in [0.2, 0.25) is 0 Å². The molecule has 5 heteroatoms. The zero-order chi connectivity index (χ0) is 13.8. The highest BCUT2D eigenvalue weighted by Gasteiger charge is 2.23. The molecule has 0 amide bonds. The van der Waals surface area contributed by atoms with Crippen LogP contribution >= 0.6 is 15.9 Å². The highest BCUT2D eigenvalue weighted by atomic mass is 79.9. The van der Waals surface area contributed by atoms with Crippen LogP contribution in [0.3, 0.4) is 0 Å². The van der Waals surface area contributed by atoms with Gasteiger partial charge < -0.3 is 15.2 Å². The van der Waals surface area contributed by atoms with Crippen LogP contribution in [0.15, 0.2) is 22.7 Å². The van der Waals surface area contributed by atoms with E-state index in [1.54, 1.807) is 13.2 Å². The van der Waals surface area contributed by atoms with Crippen LogP contribution < -0.4 is 10.5 Å². The summed E-state index contributed by atoms with van der Waals surface area (Å²) in [4.78, 5) is 0. The molecule has 1 aromatic carbocycles. The molecule has 2 unspecified atom stereocenters. The van der Waals surface area contributed by atoms with Gasteiger partial charge in [0.25, 0.3) is 0 Å². The maximum absolute atomic E-state index is 7.41. The molecule has 0 spiro atoms. The van der Waals surface area contributed by atoms with Gasteiger partial charge in [0.15, 0.2) is 0 Å². The van der Waals surface area contributed by atoms with Crippen molar-refractivity contribution in [1.29, 1.82) is 5.41 Å². The Morgan fingerprint density at radius 1 is 1.37 bits per heavy atom. The molecule has 3 N–H and O–H groups in total. The van der Waals surface area contributed by atoms with Crippen molar-refractivity contribution in [3.63, 3.8) is 0 Å². The van der Waals surface area contributed by atoms with E-state index in [2.05, 4.69) is 15.9 Å². The lowest BCUT2D eigenvalue weighted by Crippen LogP contribution is -2.29. The van der Waals surface area contributed by atoms with Crippen LogP contribution in [0.2, 0.25) is 0 Å². The van der Waals surface area contributed by atoms with Crippen LogP contribution in [0.1, 0.15) is 31.2 Å². The van der Waals surface area contributed by atoms with Crippen LogP contribution in [0.25, 0.3) is 0 Å². The van der Waals surface area contributed by atoms with Crippen LogP contribution in [0.5, 0.6) is 5.75 Å². The summed E-state index contributed by atoms with van der Waals surface area (Å²) in [5, 5.41) is 7.41. The Morgan fingerprint density at radius 3 is 2.74 bits per heavy atom. The van der Waals surface area contributed by atoms with Crippen LogP contribution in [0, 0.1) is 5.41 Å². The summed E-state index contributed by atoms with van der Waals surface area (Å²) in [6.45, 7) is 0. The molecule has 104 valence electrons. The molecule has 2 rings (SSSR count). The van der Waals surface area contributed by atoms with Gasteiger partial charge in [-0.05, 0) is 53.4 Å². The fraction of sp³-hybridized carbons (Fsp3) is 0.500. The molecule has 0 aliphatic heterocycles. The number of nitrogen functional groups attached to an aromatic ring is 1. The molecule has 4 nitrogen and oxygen atoms in total. The Hall–Kier alpha value is -1.07. The normalized spacial score (nSPS) is 23.1. The summed E-state index contributed by atoms with van der Waals surface area (Å²) in [5.74, 6) is 0.858. The summed E-state index contributed by atoms with van der Waals surface area (Å²) in [6.07, 6.45) is 4.72. The molecular weight excluding hydrogens is 308 g/mol. The van der Waals surface area contributed by atoms with E-state index in [-0.39, 0.29) is 11.9 Å². The van der Waals surface area contributed by atoms with Gasteiger partial charge in [-0.3, -0.25) is 5.41 Å². The first-order valence-corrected chi connectivity index (χ1v) is 7.23. The zero-order valence-corrected chi connectivity index (χ0v) is 12.6. The van der Waals surface area contributed by atoms with Gasteiger partial charge in [0.05, 0.1) is 10.6 Å². The maximum atomic E-state index is 7.41. The van der Waals surface area contributed by atoms with Gasteiger partial charge in [-0.1, -0.05) is 0 Å². The van der Waals surface area contributed by atoms with E-state index in [0.29, 0.717) is 11.7 Å². The molecule has 0 radical (unpaired) electrons. The van der Waals surface area contributed by atoms with Crippen molar-refractivity contribution in [1.82, 2.24) is 0 Å². The second kappa shape index (κ2) is 6.39. The molecule has 0 saturated heterocycles. The van der Waals surface area contributed by atoms with Crippen molar-refractivity contribution < 1.29 is 9.47 Å². The molecule has 0 bridgehead atoms. The number of hydrogen-bond donors (Lipinski definition) is 2. The summed E-state index contributed by atoms with van der Waals surface area (Å²) < 4.78 is 12.3. The number of methoxy groups -OCH3 is 1. The van der Waals surface area contributed by atoms with Gasteiger partial charge in [0.1, 0.15) is 17.7 Å². The number of amidine groups is 1. The smallest absolute Gasteiger partial charge is 0.133 e. The Kier molecular flexibility index (Phi) is 4.82. The number of rotatable bonds is 4. The van der Waals surface area contributed by atoms with E-state index < -0.39 is 0 Å². The van der Waals surface area contributed by atoms with Crippen LogP contribution in [-0.2, 0) is 4.74 Å². The second-order valence-electron chi connectivity index (χ2n) is 4.82. The third-order valence-corrected chi connectivity index (χ3v) is 4.07. The lowest BCUT2D eigenvalue weighted by Gasteiger charge is -2.29. The highest BCUT2D eigenvalue weighted by Crippen LogP contribution is 2.30. The van der Waals surface area contributed by atoms with Gasteiger partial charge in [0, 0.05) is 19.1 Å². The number of benzene rings is 1. The summed E-state index contributed by atoms with van der Waals surface area (Å²) in [5.41, 5.74) is 6.15. The third kappa shape index (κ3) is 3.70. The van der Waals surface area contributed by atoms with Gasteiger partial charge >= 0.3 is 0 Å². The standard InChI is InChI=1S/C14H19BrN2O2/c1-18-10-3-2-4-11(8-10)19-13-6-5-9(14(16)17)7-12(13)15/h5-7,10-11H,2-4,8H2,1H3,(H3,16,17). The van der Waals surface area contributed by atoms with Crippen molar-refractivity contribution in [3.8, 4) is 5.75 Å². The number of nitrogens with one attached hydrogen (secondary N) is 1. The predicted molar refractivity (Wildman–Crippen MR) is 78.8 cm³/mol. The first-order chi connectivity index (χ1) is 9.10. The number of ether oxygens (including phenoxy) is 2. The van der Waals surface area contributed by atoms with E-state index in [0.717, 1.165) is 35.9 Å². The van der Waals surface area contributed by atoms with E-state index in [9.17, 15) is 0 Å². The zero-order valence-electron chi connectivity index (χ0n) is 11.0. The Bertz CT molecular complexity index is 465. The first-order valence-electron chi connectivity index (χ1n) is 6.43. The SMILES string of the molecule is COC1CCCC(Oc2ccc(C(=N)N)cc2Br)C1. The Balaban J connectivity index is 2.04. The average Bonchev–Trinajstić information content (AvgIpc) is 2.41. The van der Waals surface area contributed by atoms with Crippen molar-refractivity contribution in [3.05, 3.63) is 28.2 Å². The quantitative estimate of drug-likeness (QED) is 0.660. The second-order valence-corrected chi connectivity index (χ2v) is 5.68. The predicted octanol–water partition coefficient (Wildman–Crippen LogP) is 3.07. The van der Waals surface area contributed by atoms with Crippen molar-refractivity contribution in [2.75, 3.05) is 7.11 Å². The monoisotopic (exact) mass is 326 g/mol. The number of nitrogens with two attached hydrogens (primary N) is 1. The van der Waals surface area contributed by atoms with Crippen LogP contribution in [0.4, 0.5) is 0 Å². The third-order valence-electron chi connectivity index (χ3n) is 3.45. The molecular formula is C14H19BrN2O2. The van der Waals surface area contributed by atoms with Crippen LogP contribution in [-0.4, -0.2) is 25.2 Å². The Labute approximate surface area is 121 Å². The fourth-order valence-corrected chi connectivity index (χ4v) is 2.84. The molecule has 1 aliphatic rings. The lowest BCUT2D eigenvalue weighted by molar-refractivity contribution is 0.0207. The molecule has 0 heterocycles. The fourth-order valence-electron chi connectivity index (χ4n) is 2.37. The molecule has 1 aliphatic carbocycles. The topological polar surface area (TPSA) is 68.3 Å². The van der Waals surface area contributed by atoms with Crippen molar-refractivity contribution in [2.24, 2.45) is 5.73 Å². The summed E-state index contributed by atoms with van der Waals surface area (Å²) >= 11 is 3.47. The largest absolute Gasteiger partial charge is 0.489 e. The summed E-state index contributed by atoms with van der Waals surface area (Å²) in [6, 6.07) is 5.48. The lowest BCUT2D eigenvalue weighted by atomic mass is 9.95. The molecule has 1 fully saturated rings. The maximum Gasteiger partial charge on any atom is 0.133 e. The molecule has 19 heavy (non-hydrogen) atoms. The summed E-state index contributed by atoms with van der Waals surface area (Å²) in [7, 11) is 1.75. The molecule has 1 aromatic rings. The molecule has 2 atom stereocenters. The van der Waals surface area contributed by atoms with E-state index in [1.165, 1.54) is 0 Å². The van der Waals surface area contributed by atoms with Crippen molar-refractivity contribution >= 4 is 21.8 Å². The van der Waals surface area contributed by atoms with E-state index in [1.807, 2.05) is 12.1 Å². The minimum absolute atomic E-state index is 0.0596. The minimum Gasteiger partial charge on any atom is -0.489 e.